The zero-order chi connectivity index (χ0) is 37.6. The molecule has 2 nitrogen and oxygen atoms in total. The average molecular weight is 736 g/mol. The van der Waals surface area contributed by atoms with E-state index in [1.807, 2.05) is 17.4 Å². The molecule has 2 heterocycles. The number of hydrogen-bond donors (Lipinski definition) is 0. The van der Waals surface area contributed by atoms with E-state index in [0.29, 0.717) is 0 Å². The van der Waals surface area contributed by atoms with E-state index in [2.05, 4.69) is 206 Å². The number of hydrogen-bond acceptors (Lipinski definition) is 3. The van der Waals surface area contributed by atoms with Gasteiger partial charge in [-0.05, 0) is 112 Å². The van der Waals surface area contributed by atoms with E-state index in [0.717, 1.165) is 61.1 Å². The Hall–Kier alpha value is -6.94. The quantitative estimate of drug-likeness (QED) is 0.145. The van der Waals surface area contributed by atoms with Crippen molar-refractivity contribution in [1.82, 2.24) is 0 Å². The van der Waals surface area contributed by atoms with Crippen LogP contribution in [0.2, 0.25) is 0 Å². The van der Waals surface area contributed by atoms with E-state index in [-0.39, 0.29) is 0 Å². The molecule has 0 aliphatic heterocycles. The molecule has 10 aromatic rings. The van der Waals surface area contributed by atoms with Gasteiger partial charge in [-0.2, -0.15) is 0 Å². The van der Waals surface area contributed by atoms with E-state index in [1.54, 1.807) is 0 Å². The van der Waals surface area contributed by atoms with Crippen LogP contribution in [0.25, 0.3) is 80.7 Å². The van der Waals surface area contributed by atoms with Crippen LogP contribution in [-0.2, 0) is 0 Å². The molecule has 0 saturated carbocycles. The van der Waals surface area contributed by atoms with Crippen LogP contribution in [-0.4, -0.2) is 0 Å². The first-order valence-electron chi connectivity index (χ1n) is 18.9. The third-order valence-electron chi connectivity index (χ3n) is 10.8. The first-order valence-corrected chi connectivity index (χ1v) is 19.8. The molecule has 0 spiro atoms. The number of benzene rings is 8. The Morgan fingerprint density at radius 3 is 2.16 bits per heavy atom. The fourth-order valence-electron chi connectivity index (χ4n) is 8.00. The Labute approximate surface area is 330 Å². The smallest absolute Gasteiger partial charge is 0.143 e. The highest BCUT2D eigenvalue weighted by atomic mass is 32.1. The zero-order valence-electron chi connectivity index (χ0n) is 30.9. The fourth-order valence-corrected chi connectivity index (χ4v) is 9.09. The highest BCUT2D eigenvalue weighted by molar-refractivity contribution is 7.25. The van der Waals surface area contributed by atoms with Crippen molar-refractivity contribution < 1.29 is 4.42 Å². The maximum atomic E-state index is 6.52. The Balaban J connectivity index is 1.07. The predicted molar refractivity (Wildman–Crippen MR) is 242 cm³/mol. The van der Waals surface area contributed by atoms with Crippen molar-refractivity contribution in [2.24, 2.45) is 0 Å². The number of furan rings is 1. The van der Waals surface area contributed by atoms with Gasteiger partial charge in [0, 0.05) is 53.4 Å². The van der Waals surface area contributed by atoms with Crippen molar-refractivity contribution in [3.8, 4) is 22.3 Å². The summed E-state index contributed by atoms with van der Waals surface area (Å²) in [5, 5.41) is 7.18. The van der Waals surface area contributed by atoms with Gasteiger partial charge in [0.25, 0.3) is 0 Å². The van der Waals surface area contributed by atoms with Crippen molar-refractivity contribution in [2.45, 2.75) is 6.92 Å². The van der Waals surface area contributed by atoms with Crippen molar-refractivity contribution >= 4 is 81.2 Å². The summed E-state index contributed by atoms with van der Waals surface area (Å²) >= 11 is 1.85. The summed E-state index contributed by atoms with van der Waals surface area (Å²) in [4.78, 5) is 2.29. The summed E-state index contributed by atoms with van der Waals surface area (Å²) < 4.78 is 9.15. The molecular weight excluding hydrogens is 699 g/mol. The second kappa shape index (κ2) is 14.0. The second-order valence-corrected chi connectivity index (χ2v) is 15.3. The largest absolute Gasteiger partial charge is 0.455 e. The number of anilines is 2. The summed E-state index contributed by atoms with van der Waals surface area (Å²) in [6.45, 7) is 6.51. The third-order valence-corrected chi connectivity index (χ3v) is 12.0. The van der Waals surface area contributed by atoms with Crippen molar-refractivity contribution in [3.63, 3.8) is 0 Å². The van der Waals surface area contributed by atoms with Gasteiger partial charge in [-0.3, -0.25) is 0 Å². The van der Waals surface area contributed by atoms with Crippen LogP contribution in [0, 0.1) is 0 Å². The number of rotatable bonds is 8. The Morgan fingerprint density at radius 2 is 1.30 bits per heavy atom. The van der Waals surface area contributed by atoms with Crippen LogP contribution in [0.5, 0.6) is 0 Å². The molecule has 0 atom stereocenters. The normalized spacial score (nSPS) is 12.3. The molecule has 0 fully saturated rings. The van der Waals surface area contributed by atoms with Gasteiger partial charge in [-0.1, -0.05) is 134 Å². The van der Waals surface area contributed by atoms with Crippen LogP contribution >= 0.6 is 11.3 Å². The molecular formula is C53H37NOS. The molecule has 10 rings (SSSR count). The van der Waals surface area contributed by atoms with Crippen LogP contribution in [0.1, 0.15) is 12.5 Å². The van der Waals surface area contributed by atoms with Gasteiger partial charge >= 0.3 is 0 Å². The minimum absolute atomic E-state index is 0.891. The minimum Gasteiger partial charge on any atom is -0.455 e. The lowest BCUT2D eigenvalue weighted by molar-refractivity contribution is 0.673. The predicted octanol–water partition coefficient (Wildman–Crippen LogP) is 15.8. The standard InChI is InChI=1S/C53H37NOS/c1-3-41(28-23-35(2)39-27-32-51-48(34-39)46-19-9-10-22-50(46)56-51)54(43-17-11-16-40(33-43)36-13-5-4-6-14-36)42-29-24-38(25-30-42)44-20-12-21-49-52(44)47-31-26-37-15-7-8-18-45(37)53(47)55-49/h3-34H,1H2,2H3/b35-23+,41-28+. The molecule has 8 aromatic carbocycles. The average Bonchev–Trinajstić information content (AvgIpc) is 3.84. The van der Waals surface area contributed by atoms with Gasteiger partial charge in [0.15, 0.2) is 0 Å². The SMILES string of the molecule is C=C/C(=C\C=C(/C)c1ccc2sc3ccccc3c2c1)N(c1ccc(-c2cccc3oc4c5ccccc5ccc4c23)cc1)c1cccc(-c2ccccc2)c1. The summed E-state index contributed by atoms with van der Waals surface area (Å²) in [6.07, 6.45) is 6.35. The summed E-state index contributed by atoms with van der Waals surface area (Å²) in [5.41, 5.74) is 11.9. The van der Waals surface area contributed by atoms with Crippen molar-refractivity contribution in [3.05, 3.63) is 212 Å². The van der Waals surface area contributed by atoms with Gasteiger partial charge in [0.05, 0.1) is 0 Å². The maximum Gasteiger partial charge on any atom is 0.143 e. The van der Waals surface area contributed by atoms with E-state index < -0.39 is 0 Å². The van der Waals surface area contributed by atoms with Crippen molar-refractivity contribution in [1.29, 1.82) is 0 Å². The molecule has 266 valence electrons. The third kappa shape index (κ3) is 5.90. The first kappa shape index (κ1) is 33.6. The number of fused-ring (bicyclic) bond motifs is 8. The summed E-state index contributed by atoms with van der Waals surface area (Å²) in [5.74, 6) is 0. The molecule has 0 unspecified atom stereocenters. The molecule has 0 amide bonds. The molecule has 2 aromatic heterocycles. The maximum absolute atomic E-state index is 6.52. The molecule has 0 N–H and O–H groups in total. The van der Waals surface area contributed by atoms with Crippen LogP contribution in [0.4, 0.5) is 11.4 Å². The first-order chi connectivity index (χ1) is 27.6. The molecule has 0 aliphatic carbocycles. The van der Waals surface area contributed by atoms with Gasteiger partial charge in [-0.25, -0.2) is 0 Å². The van der Waals surface area contributed by atoms with E-state index in [4.69, 9.17) is 4.42 Å². The van der Waals surface area contributed by atoms with Gasteiger partial charge in [-0.15, -0.1) is 11.3 Å². The Kier molecular flexibility index (Phi) is 8.43. The van der Waals surface area contributed by atoms with Gasteiger partial charge in [0.2, 0.25) is 0 Å². The molecule has 0 saturated heterocycles. The van der Waals surface area contributed by atoms with Crippen LogP contribution in [0.3, 0.4) is 0 Å². The zero-order valence-corrected chi connectivity index (χ0v) is 31.8. The van der Waals surface area contributed by atoms with E-state index in [1.165, 1.54) is 42.3 Å². The highest BCUT2D eigenvalue weighted by Gasteiger charge is 2.17. The number of allylic oxidation sites excluding steroid dienone is 4. The lowest BCUT2D eigenvalue weighted by Gasteiger charge is -2.27. The Morgan fingerprint density at radius 1 is 0.554 bits per heavy atom. The molecule has 3 heteroatoms. The van der Waals surface area contributed by atoms with Crippen molar-refractivity contribution in [2.75, 3.05) is 4.90 Å². The topological polar surface area (TPSA) is 16.4 Å². The lowest BCUT2D eigenvalue weighted by atomic mass is 9.98. The molecule has 56 heavy (non-hydrogen) atoms. The lowest BCUT2D eigenvalue weighted by Crippen LogP contribution is -2.15. The van der Waals surface area contributed by atoms with Gasteiger partial charge in [0.1, 0.15) is 11.2 Å². The van der Waals surface area contributed by atoms with E-state index >= 15 is 0 Å². The number of thiophene rings is 1. The molecule has 0 radical (unpaired) electrons. The fraction of sp³-hybridized carbons (Fsp3) is 0.0189. The monoisotopic (exact) mass is 735 g/mol. The summed E-state index contributed by atoms with van der Waals surface area (Å²) in [7, 11) is 0. The minimum atomic E-state index is 0.891. The second-order valence-electron chi connectivity index (χ2n) is 14.2. The van der Waals surface area contributed by atoms with Crippen LogP contribution < -0.4 is 4.90 Å². The molecule has 0 bridgehead atoms. The van der Waals surface area contributed by atoms with Crippen LogP contribution in [0.15, 0.2) is 211 Å². The highest BCUT2D eigenvalue weighted by Crippen LogP contribution is 2.41. The Bertz CT molecular complexity index is 3160. The summed E-state index contributed by atoms with van der Waals surface area (Å²) in [6, 6.07) is 62.8. The van der Waals surface area contributed by atoms with E-state index in [9.17, 15) is 0 Å². The molecule has 0 aliphatic rings. The van der Waals surface area contributed by atoms with Gasteiger partial charge < -0.3 is 9.32 Å². The number of nitrogens with zero attached hydrogens (tertiary/aromatic N) is 1.